The summed E-state index contributed by atoms with van der Waals surface area (Å²) in [6.45, 7) is 0. The minimum absolute atomic E-state index is 0.218. The van der Waals surface area contributed by atoms with Crippen LogP contribution in [-0.2, 0) is 4.79 Å². The van der Waals surface area contributed by atoms with Gasteiger partial charge in [-0.05, 0) is 68.4 Å². The van der Waals surface area contributed by atoms with Gasteiger partial charge in [0.15, 0.2) is 0 Å². The molecule has 1 aromatic carbocycles. The number of primary amides is 1. The van der Waals surface area contributed by atoms with E-state index in [4.69, 9.17) is 10.8 Å². The zero-order chi connectivity index (χ0) is 19.9. The van der Waals surface area contributed by atoms with Gasteiger partial charge in [-0.2, -0.15) is 10.1 Å². The highest BCUT2D eigenvalue weighted by Crippen LogP contribution is 2.53. The maximum Gasteiger partial charge on any atom is 0.339 e. The number of carbonyl (C=O) groups excluding carboxylic acids is 1. The summed E-state index contributed by atoms with van der Waals surface area (Å²) in [6, 6.07) is 8.66. The van der Waals surface area contributed by atoms with E-state index in [1.165, 1.54) is 24.3 Å². The lowest BCUT2D eigenvalue weighted by molar-refractivity contribution is -0.137. The Morgan fingerprint density at radius 2 is 1.93 bits per heavy atom. The molecule has 2 fully saturated rings. The summed E-state index contributed by atoms with van der Waals surface area (Å²) in [7, 11) is 0. The highest BCUT2D eigenvalue weighted by atomic mass is 16.4. The van der Waals surface area contributed by atoms with E-state index in [1.807, 2.05) is 36.5 Å². The monoisotopic (exact) mass is 383 g/mol. The van der Waals surface area contributed by atoms with E-state index in [0.29, 0.717) is 35.8 Å². The molecule has 4 atom stereocenters. The lowest BCUT2D eigenvalue weighted by Crippen LogP contribution is -2.32. The molecule has 2 saturated carbocycles. The molecule has 6 nitrogen and oxygen atoms in total. The molecule has 0 heterocycles. The molecular weight excluding hydrogens is 354 g/mol. The Bertz CT molecular complexity index is 732. The van der Waals surface area contributed by atoms with Crippen LogP contribution in [0.25, 0.3) is 0 Å². The molecule has 2 aliphatic rings. The summed E-state index contributed by atoms with van der Waals surface area (Å²) in [6.07, 6.45) is 12.6. The number of hydrogen-bond acceptors (Lipinski definition) is 3. The second-order valence-electron chi connectivity index (χ2n) is 7.82. The van der Waals surface area contributed by atoms with Crippen LogP contribution in [0, 0.1) is 23.7 Å². The predicted octanol–water partition coefficient (Wildman–Crippen LogP) is 4.42. The molecule has 0 saturated heterocycles. The normalized spacial score (nSPS) is 26.3. The molecule has 2 amide bonds. The first kappa shape index (κ1) is 20.1. The standard InChI is InChI=1S/C22H29N3O3/c23-22(28)25(18-8-4-3-5-9-18)24-15-20-17-13-12-16(14-17)19(20)10-6-1-2-7-11-21(26)27/h1,3-6,8-9,15-17,19-20H,2,7,10-14H2,(H2,23,28)(H,26,27)/b6-1-,24-15?. The summed E-state index contributed by atoms with van der Waals surface area (Å²) >= 11 is 0. The zero-order valence-corrected chi connectivity index (χ0v) is 16.1. The first-order valence-electron chi connectivity index (χ1n) is 10.1. The number of carboxylic acids is 1. The molecule has 150 valence electrons. The minimum atomic E-state index is -0.741. The van der Waals surface area contributed by atoms with Gasteiger partial charge in [-0.3, -0.25) is 4.79 Å². The number of hydrogen-bond donors (Lipinski definition) is 2. The maximum atomic E-state index is 11.8. The van der Waals surface area contributed by atoms with Crippen molar-refractivity contribution in [1.82, 2.24) is 0 Å². The van der Waals surface area contributed by atoms with Gasteiger partial charge in [0, 0.05) is 18.6 Å². The number of benzene rings is 1. The van der Waals surface area contributed by atoms with E-state index in [1.54, 1.807) is 0 Å². The van der Waals surface area contributed by atoms with Crippen molar-refractivity contribution < 1.29 is 14.7 Å². The highest BCUT2D eigenvalue weighted by molar-refractivity contribution is 5.91. The smallest absolute Gasteiger partial charge is 0.339 e. The van der Waals surface area contributed by atoms with Crippen molar-refractivity contribution >= 4 is 23.9 Å². The molecule has 0 aliphatic heterocycles. The lowest BCUT2D eigenvalue weighted by Gasteiger charge is -2.28. The average molecular weight is 383 g/mol. The number of rotatable bonds is 9. The molecule has 2 aliphatic carbocycles. The molecular formula is C22H29N3O3. The van der Waals surface area contributed by atoms with Crippen molar-refractivity contribution in [2.24, 2.45) is 34.5 Å². The van der Waals surface area contributed by atoms with Gasteiger partial charge in [0.1, 0.15) is 0 Å². The number of allylic oxidation sites excluding steroid dienone is 2. The number of urea groups is 1. The van der Waals surface area contributed by atoms with Crippen molar-refractivity contribution in [1.29, 1.82) is 0 Å². The number of fused-ring (bicyclic) bond motifs is 2. The Hall–Kier alpha value is -2.63. The molecule has 0 aromatic heterocycles. The number of carboxylic acid groups (broad SMARTS) is 1. The van der Waals surface area contributed by atoms with Gasteiger partial charge < -0.3 is 10.8 Å². The SMILES string of the molecule is NC(=O)N(N=CC1C2CCC(C2)C1C/C=C\CCCC(=O)O)c1ccccc1. The number of unbranched alkanes of at least 4 members (excludes halogenated alkanes) is 1. The third-order valence-electron chi connectivity index (χ3n) is 6.06. The van der Waals surface area contributed by atoms with E-state index in [0.717, 1.165) is 12.8 Å². The summed E-state index contributed by atoms with van der Waals surface area (Å²) < 4.78 is 0. The van der Waals surface area contributed by atoms with Crippen molar-refractivity contribution in [3.8, 4) is 0 Å². The third kappa shape index (κ3) is 5.00. The van der Waals surface area contributed by atoms with Crippen LogP contribution in [0.1, 0.15) is 44.9 Å². The van der Waals surface area contributed by atoms with Gasteiger partial charge >= 0.3 is 12.0 Å². The fraction of sp³-hybridized carbons (Fsp3) is 0.500. The first-order valence-corrected chi connectivity index (χ1v) is 10.1. The molecule has 4 unspecified atom stereocenters. The van der Waals surface area contributed by atoms with Crippen LogP contribution in [0.3, 0.4) is 0 Å². The number of para-hydroxylation sites is 1. The highest BCUT2D eigenvalue weighted by Gasteiger charge is 2.46. The maximum absolute atomic E-state index is 11.8. The number of anilines is 1. The van der Waals surface area contributed by atoms with E-state index in [-0.39, 0.29) is 6.42 Å². The largest absolute Gasteiger partial charge is 0.481 e. The molecule has 3 N–H and O–H groups in total. The van der Waals surface area contributed by atoms with Gasteiger partial charge in [-0.25, -0.2) is 4.79 Å². The van der Waals surface area contributed by atoms with Crippen LogP contribution in [-0.4, -0.2) is 23.3 Å². The second-order valence-corrected chi connectivity index (χ2v) is 7.82. The van der Waals surface area contributed by atoms with Crippen molar-refractivity contribution in [2.45, 2.75) is 44.9 Å². The molecule has 28 heavy (non-hydrogen) atoms. The number of nitrogens with two attached hydrogens (primary N) is 1. The van der Waals surface area contributed by atoms with Gasteiger partial charge in [-0.1, -0.05) is 30.4 Å². The summed E-state index contributed by atoms with van der Waals surface area (Å²) in [5, 5.41) is 14.4. The Morgan fingerprint density at radius 3 is 2.64 bits per heavy atom. The van der Waals surface area contributed by atoms with Crippen molar-refractivity contribution in [3.63, 3.8) is 0 Å². The van der Waals surface area contributed by atoms with E-state index >= 15 is 0 Å². The Morgan fingerprint density at radius 1 is 1.18 bits per heavy atom. The fourth-order valence-corrected chi connectivity index (χ4v) is 4.74. The quantitative estimate of drug-likeness (QED) is 0.286. The molecule has 6 heteroatoms. The Balaban J connectivity index is 1.62. The summed E-state index contributed by atoms with van der Waals surface area (Å²) in [5.41, 5.74) is 6.20. The number of aliphatic carboxylic acids is 1. The third-order valence-corrected chi connectivity index (χ3v) is 6.06. The molecule has 2 bridgehead atoms. The topological polar surface area (TPSA) is 96.0 Å². The van der Waals surface area contributed by atoms with Crippen LogP contribution in [0.2, 0.25) is 0 Å². The van der Waals surface area contributed by atoms with E-state index < -0.39 is 12.0 Å². The molecule has 3 rings (SSSR count). The van der Waals surface area contributed by atoms with Crippen LogP contribution in [0.4, 0.5) is 10.5 Å². The first-order chi connectivity index (χ1) is 13.6. The van der Waals surface area contributed by atoms with Gasteiger partial charge in [0.2, 0.25) is 0 Å². The van der Waals surface area contributed by atoms with Crippen LogP contribution < -0.4 is 10.7 Å². The van der Waals surface area contributed by atoms with Crippen molar-refractivity contribution in [3.05, 3.63) is 42.5 Å². The number of carbonyl (C=O) groups is 2. The Labute approximate surface area is 166 Å². The summed E-state index contributed by atoms with van der Waals surface area (Å²) in [4.78, 5) is 22.4. The van der Waals surface area contributed by atoms with Gasteiger partial charge in [0.25, 0.3) is 0 Å². The van der Waals surface area contributed by atoms with Crippen LogP contribution in [0.15, 0.2) is 47.6 Å². The second kappa shape index (κ2) is 9.53. The number of nitrogens with zero attached hydrogens (tertiary/aromatic N) is 2. The molecule has 0 radical (unpaired) electrons. The fourth-order valence-electron chi connectivity index (χ4n) is 4.74. The number of hydrazone groups is 1. The lowest BCUT2D eigenvalue weighted by atomic mass is 9.78. The van der Waals surface area contributed by atoms with Crippen molar-refractivity contribution in [2.75, 3.05) is 5.01 Å². The molecule has 1 aromatic rings. The molecule has 0 spiro atoms. The van der Waals surface area contributed by atoms with Gasteiger partial charge in [-0.15, -0.1) is 0 Å². The predicted molar refractivity (Wildman–Crippen MR) is 110 cm³/mol. The Kier molecular flexibility index (Phi) is 6.85. The van der Waals surface area contributed by atoms with E-state index in [2.05, 4.69) is 17.3 Å². The number of amides is 2. The van der Waals surface area contributed by atoms with Gasteiger partial charge in [0.05, 0.1) is 5.69 Å². The summed E-state index contributed by atoms with van der Waals surface area (Å²) in [5.74, 6) is 1.49. The zero-order valence-electron chi connectivity index (χ0n) is 16.1. The van der Waals surface area contributed by atoms with E-state index in [9.17, 15) is 9.59 Å². The van der Waals surface area contributed by atoms with Crippen LogP contribution in [0.5, 0.6) is 0 Å². The average Bonchev–Trinajstić information content (AvgIpc) is 3.27. The van der Waals surface area contributed by atoms with Crippen LogP contribution >= 0.6 is 0 Å². The minimum Gasteiger partial charge on any atom is -0.481 e.